The molecule has 0 spiro atoms. The van der Waals surface area contributed by atoms with E-state index in [0.29, 0.717) is 0 Å². The molecule has 1 aliphatic heterocycles. The van der Waals surface area contributed by atoms with Crippen LogP contribution in [0, 0.1) is 0 Å². The van der Waals surface area contributed by atoms with Crippen molar-refractivity contribution in [2.24, 2.45) is 0 Å². The number of aliphatic hydroxyl groups is 2. The summed E-state index contributed by atoms with van der Waals surface area (Å²) in [7, 11) is -5.24. The highest BCUT2D eigenvalue weighted by Crippen LogP contribution is 2.33. The monoisotopic (exact) mass is 362 g/mol. The third-order valence-electron chi connectivity index (χ3n) is 3.37. The van der Waals surface area contributed by atoms with Crippen LogP contribution in [0.15, 0.2) is 17.4 Å². The Balaban J connectivity index is 0.00000208. The van der Waals surface area contributed by atoms with E-state index in [0.717, 1.165) is 6.33 Å². The van der Waals surface area contributed by atoms with Crippen molar-refractivity contribution in [3.63, 3.8) is 0 Å². The SMILES string of the molecule is C.O=c1[nH]cnc2c1ncn2C1OC(COP(=O)([O-])[O-])[C@@H](O)[C@H]1O. The molecular weight excluding hydrogens is 347 g/mol. The number of H-pyrrole nitrogens is 1. The van der Waals surface area contributed by atoms with E-state index in [-0.39, 0.29) is 18.6 Å². The molecule has 1 saturated heterocycles. The molecule has 0 aromatic carbocycles. The van der Waals surface area contributed by atoms with Gasteiger partial charge in [0.25, 0.3) is 5.56 Å². The molecule has 0 aliphatic carbocycles. The van der Waals surface area contributed by atoms with Crippen LogP contribution in [0.5, 0.6) is 0 Å². The second-order valence-electron chi connectivity index (χ2n) is 4.84. The minimum absolute atomic E-state index is 0. The third kappa shape index (κ3) is 3.39. The van der Waals surface area contributed by atoms with Gasteiger partial charge in [-0.25, -0.2) is 9.97 Å². The van der Waals surface area contributed by atoms with E-state index >= 15 is 0 Å². The molecule has 0 radical (unpaired) electrons. The lowest BCUT2D eigenvalue weighted by molar-refractivity contribution is -0.343. The van der Waals surface area contributed by atoms with Gasteiger partial charge in [0, 0.05) is 0 Å². The summed E-state index contributed by atoms with van der Waals surface area (Å²) < 4.78 is 21.1. The van der Waals surface area contributed by atoms with Gasteiger partial charge in [0.15, 0.2) is 17.4 Å². The minimum atomic E-state index is -5.24. The van der Waals surface area contributed by atoms with Gasteiger partial charge in [-0.15, -0.1) is 0 Å². The molecule has 2 unspecified atom stereocenters. The fraction of sp³-hybridized carbons (Fsp3) is 0.545. The Morgan fingerprint density at radius 1 is 1.38 bits per heavy atom. The highest BCUT2D eigenvalue weighted by Gasteiger charge is 2.44. The van der Waals surface area contributed by atoms with Crippen LogP contribution in [0.1, 0.15) is 13.7 Å². The summed E-state index contributed by atoms with van der Waals surface area (Å²) in [6.07, 6.45) is -3.11. The van der Waals surface area contributed by atoms with Gasteiger partial charge in [0.2, 0.25) is 0 Å². The molecule has 2 aromatic rings. The lowest BCUT2D eigenvalue weighted by Gasteiger charge is -2.30. The molecule has 2 aromatic heterocycles. The highest BCUT2D eigenvalue weighted by atomic mass is 31.2. The maximum Gasteiger partial charge on any atom is 0.278 e. The fourth-order valence-corrected chi connectivity index (χ4v) is 2.64. The Morgan fingerprint density at radius 2 is 2.08 bits per heavy atom. The van der Waals surface area contributed by atoms with Crippen LogP contribution < -0.4 is 15.3 Å². The molecule has 1 fully saturated rings. The van der Waals surface area contributed by atoms with E-state index in [9.17, 15) is 29.4 Å². The largest absolute Gasteiger partial charge is 0.790 e. The van der Waals surface area contributed by atoms with E-state index in [2.05, 4.69) is 19.5 Å². The van der Waals surface area contributed by atoms with Crippen molar-refractivity contribution in [3.8, 4) is 0 Å². The van der Waals surface area contributed by atoms with Gasteiger partial charge in [-0.05, 0) is 0 Å². The number of aromatic amines is 1. The van der Waals surface area contributed by atoms with Gasteiger partial charge in [-0.3, -0.25) is 9.36 Å². The van der Waals surface area contributed by atoms with Crippen LogP contribution in [0.4, 0.5) is 0 Å². The molecular formula is C11H15N4O8P-2. The zero-order chi connectivity index (χ0) is 16.8. The van der Waals surface area contributed by atoms with Crippen LogP contribution in [0.25, 0.3) is 11.2 Å². The number of rotatable bonds is 4. The normalized spacial score (nSPS) is 27.3. The van der Waals surface area contributed by atoms with Crippen molar-refractivity contribution in [3.05, 3.63) is 23.0 Å². The Kier molecular flexibility index (Phi) is 5.20. The Hall–Kier alpha value is -1.66. The summed E-state index contributed by atoms with van der Waals surface area (Å²) in [6, 6.07) is 0. The summed E-state index contributed by atoms with van der Waals surface area (Å²) in [5, 5.41) is 19.9. The number of fused-ring (bicyclic) bond motifs is 1. The summed E-state index contributed by atoms with van der Waals surface area (Å²) in [5.41, 5.74) is -0.397. The molecule has 24 heavy (non-hydrogen) atoms. The number of hydrogen-bond acceptors (Lipinski definition) is 10. The number of nitrogens with zero attached hydrogens (tertiary/aromatic N) is 3. The van der Waals surface area contributed by atoms with Crippen LogP contribution in [0.3, 0.4) is 0 Å². The molecule has 0 saturated carbocycles. The number of ether oxygens (including phenoxy) is 1. The quantitative estimate of drug-likeness (QED) is 0.480. The minimum Gasteiger partial charge on any atom is -0.790 e. The number of nitrogens with one attached hydrogen (secondary N) is 1. The number of phosphoric acid groups is 1. The second kappa shape index (κ2) is 6.69. The van der Waals surface area contributed by atoms with Gasteiger partial charge >= 0.3 is 0 Å². The average molecular weight is 362 g/mol. The standard InChI is InChI=1S/C10H13N4O8P.CH4/c15-6-4(1-21-23(18,19)20)22-10(7(6)16)14-3-13-5-8(14)11-2-12-9(5)17;/h2-4,6-7,10,15-16H,1H2,(H,11,12,17)(H2,18,19,20);1H4/p-2/t4?,6-,7-,10?;/m1./s1. The van der Waals surface area contributed by atoms with Crippen LogP contribution in [-0.2, 0) is 13.8 Å². The molecule has 3 heterocycles. The van der Waals surface area contributed by atoms with Crippen LogP contribution in [0.2, 0.25) is 0 Å². The predicted octanol–water partition coefficient (Wildman–Crippen LogP) is -2.78. The zero-order valence-electron chi connectivity index (χ0n) is 11.3. The molecule has 1 aliphatic rings. The number of phosphoric ester groups is 1. The van der Waals surface area contributed by atoms with Gasteiger partial charge in [-0.1, -0.05) is 7.43 Å². The van der Waals surface area contributed by atoms with E-state index in [1.807, 2.05) is 0 Å². The first-order valence-electron chi connectivity index (χ1n) is 6.36. The lowest BCUT2D eigenvalue weighted by Crippen LogP contribution is -2.34. The molecule has 0 bridgehead atoms. The lowest BCUT2D eigenvalue weighted by atomic mass is 10.1. The Morgan fingerprint density at radius 3 is 2.75 bits per heavy atom. The maximum atomic E-state index is 11.6. The van der Waals surface area contributed by atoms with Crippen molar-refractivity contribution in [1.82, 2.24) is 19.5 Å². The molecule has 3 N–H and O–H groups in total. The Bertz CT molecular complexity index is 816. The van der Waals surface area contributed by atoms with Crippen molar-refractivity contribution in [2.45, 2.75) is 32.0 Å². The summed E-state index contributed by atoms with van der Waals surface area (Å²) in [6.45, 7) is -0.750. The number of imidazole rings is 1. The van der Waals surface area contributed by atoms with E-state index < -0.39 is 44.5 Å². The number of aromatic nitrogens is 4. The summed E-state index contributed by atoms with van der Waals surface area (Å²) in [5.74, 6) is 0. The average Bonchev–Trinajstić information content (AvgIpc) is 3.01. The predicted molar refractivity (Wildman–Crippen MR) is 74.4 cm³/mol. The van der Waals surface area contributed by atoms with Gasteiger partial charge in [0.1, 0.15) is 18.3 Å². The molecule has 3 rings (SSSR count). The van der Waals surface area contributed by atoms with Crippen LogP contribution in [-0.4, -0.2) is 54.7 Å². The second-order valence-corrected chi connectivity index (χ2v) is 6.00. The van der Waals surface area contributed by atoms with Crippen molar-refractivity contribution < 1.29 is 33.8 Å². The maximum absolute atomic E-state index is 11.6. The first-order chi connectivity index (χ1) is 10.8. The van der Waals surface area contributed by atoms with E-state index in [4.69, 9.17) is 4.74 Å². The third-order valence-corrected chi connectivity index (χ3v) is 3.84. The molecule has 13 heteroatoms. The first-order valence-corrected chi connectivity index (χ1v) is 7.82. The number of aliphatic hydroxyl groups excluding tert-OH is 2. The molecule has 4 atom stereocenters. The van der Waals surface area contributed by atoms with E-state index in [1.165, 1.54) is 10.9 Å². The van der Waals surface area contributed by atoms with Crippen molar-refractivity contribution in [2.75, 3.05) is 6.61 Å². The highest BCUT2D eigenvalue weighted by molar-refractivity contribution is 7.43. The fourth-order valence-electron chi connectivity index (χ4n) is 2.31. The smallest absolute Gasteiger partial charge is 0.278 e. The summed E-state index contributed by atoms with van der Waals surface area (Å²) in [4.78, 5) is 42.6. The topological polar surface area (TPSA) is 186 Å². The van der Waals surface area contributed by atoms with Crippen molar-refractivity contribution in [1.29, 1.82) is 0 Å². The molecule has 12 nitrogen and oxygen atoms in total. The van der Waals surface area contributed by atoms with E-state index in [1.54, 1.807) is 0 Å². The first kappa shape index (κ1) is 18.7. The summed E-state index contributed by atoms with van der Waals surface area (Å²) >= 11 is 0. The van der Waals surface area contributed by atoms with Crippen LogP contribution >= 0.6 is 7.82 Å². The van der Waals surface area contributed by atoms with Crippen molar-refractivity contribution >= 4 is 19.0 Å². The zero-order valence-corrected chi connectivity index (χ0v) is 12.2. The van der Waals surface area contributed by atoms with Gasteiger partial charge in [0.05, 0.1) is 27.1 Å². The Labute approximate surface area is 134 Å². The van der Waals surface area contributed by atoms with Gasteiger partial charge < -0.3 is 38.8 Å². The molecule has 134 valence electrons. The number of hydrogen-bond donors (Lipinski definition) is 3. The molecule has 0 amide bonds. The van der Waals surface area contributed by atoms with Gasteiger partial charge in [-0.2, -0.15) is 0 Å².